The molecule has 29 heavy (non-hydrogen) atoms. The first kappa shape index (κ1) is 18.6. The van der Waals surface area contributed by atoms with Crippen LogP contribution in [0.2, 0.25) is 0 Å². The molecule has 1 aromatic carbocycles. The van der Waals surface area contributed by atoms with Crippen LogP contribution in [0.3, 0.4) is 0 Å². The summed E-state index contributed by atoms with van der Waals surface area (Å²) in [5, 5.41) is 7.05. The summed E-state index contributed by atoms with van der Waals surface area (Å²) in [6.07, 6.45) is 4.16. The van der Waals surface area contributed by atoms with Crippen molar-refractivity contribution in [2.24, 2.45) is 5.92 Å². The maximum Gasteiger partial charge on any atom is 0.245 e. The van der Waals surface area contributed by atoms with E-state index in [4.69, 9.17) is 0 Å². The van der Waals surface area contributed by atoms with Crippen molar-refractivity contribution < 1.29 is 13.2 Å². The molecule has 11 heteroatoms. The third-order valence-electron chi connectivity index (χ3n) is 5.79. The van der Waals surface area contributed by atoms with Gasteiger partial charge in [-0.05, 0) is 30.5 Å². The van der Waals surface area contributed by atoms with Gasteiger partial charge in [-0.3, -0.25) is 9.89 Å². The van der Waals surface area contributed by atoms with E-state index < -0.39 is 10.0 Å². The van der Waals surface area contributed by atoms with E-state index in [1.165, 1.54) is 9.87 Å². The number of nitrogens with zero attached hydrogens (tertiary/aromatic N) is 5. The van der Waals surface area contributed by atoms with Crippen molar-refractivity contribution >= 4 is 38.7 Å². The Hall–Kier alpha value is -2.37. The summed E-state index contributed by atoms with van der Waals surface area (Å²) in [6, 6.07) is 5.01. The Morgan fingerprint density at radius 2 is 2.00 bits per heavy atom. The summed E-state index contributed by atoms with van der Waals surface area (Å²) < 4.78 is 36.0. The highest BCUT2D eigenvalue weighted by Gasteiger charge is 2.35. The fourth-order valence-corrected chi connectivity index (χ4v) is 6.33. The predicted molar refractivity (Wildman–Crippen MR) is 107 cm³/mol. The SMILES string of the molecule is O=C(C1CCc2cn[nH]c2C1)N1CCN(S(=O)(=O)c2cccc3nsnc23)CC1. The van der Waals surface area contributed by atoms with Crippen molar-refractivity contribution in [2.75, 3.05) is 26.2 Å². The highest BCUT2D eigenvalue weighted by atomic mass is 32.2. The molecule has 1 saturated heterocycles. The maximum atomic E-state index is 13.1. The highest BCUT2D eigenvalue weighted by molar-refractivity contribution is 7.89. The molecule has 0 radical (unpaired) electrons. The van der Waals surface area contributed by atoms with Gasteiger partial charge in [-0.25, -0.2) is 8.42 Å². The van der Waals surface area contributed by atoms with E-state index >= 15 is 0 Å². The summed E-state index contributed by atoms with van der Waals surface area (Å²) >= 11 is 1.00. The zero-order chi connectivity index (χ0) is 20.0. The number of H-pyrrole nitrogens is 1. The third kappa shape index (κ3) is 3.22. The summed E-state index contributed by atoms with van der Waals surface area (Å²) in [5.41, 5.74) is 3.23. The van der Waals surface area contributed by atoms with Gasteiger partial charge in [-0.15, -0.1) is 0 Å². The van der Waals surface area contributed by atoms with Gasteiger partial charge in [0.15, 0.2) is 0 Å². The number of benzene rings is 1. The van der Waals surface area contributed by atoms with Crippen LogP contribution in [-0.4, -0.2) is 68.7 Å². The molecule has 0 bridgehead atoms. The van der Waals surface area contributed by atoms with Gasteiger partial charge in [0.2, 0.25) is 15.9 Å². The lowest BCUT2D eigenvalue weighted by Gasteiger charge is -2.36. The fraction of sp³-hybridized carbons (Fsp3) is 0.444. The molecule has 152 valence electrons. The summed E-state index contributed by atoms with van der Waals surface area (Å²) in [4.78, 5) is 14.9. The minimum absolute atomic E-state index is 0.0686. The van der Waals surface area contributed by atoms with E-state index in [-0.39, 0.29) is 29.8 Å². The van der Waals surface area contributed by atoms with E-state index in [2.05, 4.69) is 18.9 Å². The predicted octanol–water partition coefficient (Wildman–Crippen LogP) is 1.05. The number of hydrogen-bond donors (Lipinski definition) is 1. The monoisotopic (exact) mass is 432 g/mol. The molecule has 2 aromatic heterocycles. The number of piperazine rings is 1. The number of hydrogen-bond acceptors (Lipinski definition) is 7. The first-order chi connectivity index (χ1) is 14.0. The van der Waals surface area contributed by atoms with Crippen LogP contribution in [0.4, 0.5) is 0 Å². The Kier molecular flexibility index (Phi) is 4.60. The standard InChI is InChI=1S/C18H20N6O3S2/c25-18(12-4-5-13-11-19-20-15(13)10-12)23-6-8-24(9-7-23)29(26,27)16-3-1-2-14-17(16)22-28-21-14/h1-3,11-12H,4-10H2,(H,19,20). The molecule has 1 aliphatic heterocycles. The van der Waals surface area contributed by atoms with Crippen LogP contribution >= 0.6 is 11.7 Å². The van der Waals surface area contributed by atoms with Crippen LogP contribution in [-0.2, 0) is 27.7 Å². The number of rotatable bonds is 3. The minimum atomic E-state index is -3.68. The maximum absolute atomic E-state index is 13.1. The number of nitrogens with one attached hydrogen (secondary N) is 1. The summed E-state index contributed by atoms with van der Waals surface area (Å²) in [7, 11) is -3.68. The quantitative estimate of drug-likeness (QED) is 0.662. The molecule has 3 heterocycles. The Labute approximate surface area is 172 Å². The average Bonchev–Trinajstić information content (AvgIpc) is 3.41. The Morgan fingerprint density at radius 3 is 2.83 bits per heavy atom. The van der Waals surface area contributed by atoms with Crippen molar-refractivity contribution in [1.29, 1.82) is 0 Å². The Morgan fingerprint density at radius 1 is 1.17 bits per heavy atom. The first-order valence-electron chi connectivity index (χ1n) is 9.55. The molecule has 1 unspecified atom stereocenters. The molecular weight excluding hydrogens is 412 g/mol. The van der Waals surface area contributed by atoms with Gasteiger partial charge < -0.3 is 4.90 Å². The highest BCUT2D eigenvalue weighted by Crippen LogP contribution is 2.28. The van der Waals surface area contributed by atoms with Crippen molar-refractivity contribution in [3.05, 3.63) is 35.7 Å². The lowest BCUT2D eigenvalue weighted by Crippen LogP contribution is -2.52. The number of amides is 1. The van der Waals surface area contributed by atoms with Crippen LogP contribution in [0.5, 0.6) is 0 Å². The van der Waals surface area contributed by atoms with Crippen LogP contribution in [0, 0.1) is 5.92 Å². The van der Waals surface area contributed by atoms with Gasteiger partial charge in [-0.1, -0.05) is 6.07 Å². The van der Waals surface area contributed by atoms with E-state index in [9.17, 15) is 13.2 Å². The molecule has 0 spiro atoms. The number of aryl methyl sites for hydroxylation is 1. The first-order valence-corrected chi connectivity index (χ1v) is 11.7. The summed E-state index contributed by atoms with van der Waals surface area (Å²) in [5.74, 6) is 0.0361. The molecule has 5 rings (SSSR count). The topological polar surface area (TPSA) is 112 Å². The zero-order valence-corrected chi connectivity index (χ0v) is 17.2. The second-order valence-corrected chi connectivity index (χ2v) is 9.87. The van der Waals surface area contributed by atoms with Crippen molar-refractivity contribution in [3.63, 3.8) is 0 Å². The lowest BCUT2D eigenvalue weighted by molar-refractivity contribution is -0.137. The summed E-state index contributed by atoms with van der Waals surface area (Å²) in [6.45, 7) is 1.36. The van der Waals surface area contributed by atoms with Gasteiger partial charge in [0.1, 0.15) is 15.9 Å². The normalized spacial score (nSPS) is 20.7. The van der Waals surface area contributed by atoms with Crippen molar-refractivity contribution in [2.45, 2.75) is 24.2 Å². The van der Waals surface area contributed by atoms with Crippen molar-refractivity contribution in [1.82, 2.24) is 28.1 Å². The molecule has 2 aliphatic rings. The number of aromatic nitrogens is 4. The number of aromatic amines is 1. The van der Waals surface area contributed by atoms with E-state index in [0.717, 1.165) is 30.3 Å². The van der Waals surface area contributed by atoms with Gasteiger partial charge in [0, 0.05) is 44.2 Å². The van der Waals surface area contributed by atoms with Crippen LogP contribution in [0.15, 0.2) is 29.3 Å². The Bertz CT molecular complexity index is 1160. The van der Waals surface area contributed by atoms with Crippen molar-refractivity contribution in [3.8, 4) is 0 Å². The van der Waals surface area contributed by atoms with Crippen LogP contribution < -0.4 is 0 Å². The molecule has 1 amide bonds. The van der Waals surface area contributed by atoms with E-state index in [1.54, 1.807) is 23.1 Å². The lowest BCUT2D eigenvalue weighted by atomic mass is 9.87. The van der Waals surface area contributed by atoms with Crippen LogP contribution in [0.1, 0.15) is 17.7 Å². The van der Waals surface area contributed by atoms with E-state index in [1.807, 2.05) is 6.20 Å². The zero-order valence-electron chi connectivity index (χ0n) is 15.6. The second-order valence-electron chi connectivity index (χ2n) is 7.43. The smallest absolute Gasteiger partial charge is 0.245 e. The van der Waals surface area contributed by atoms with Gasteiger partial charge in [0.05, 0.1) is 17.9 Å². The molecule has 1 atom stereocenters. The van der Waals surface area contributed by atoms with Gasteiger partial charge in [-0.2, -0.15) is 18.2 Å². The minimum Gasteiger partial charge on any atom is -0.340 e. The molecule has 1 fully saturated rings. The fourth-order valence-electron chi connectivity index (χ4n) is 4.15. The molecular formula is C18H20N6O3S2. The molecule has 1 N–H and O–H groups in total. The van der Waals surface area contributed by atoms with E-state index in [0.29, 0.717) is 30.5 Å². The molecule has 9 nitrogen and oxygen atoms in total. The van der Waals surface area contributed by atoms with Gasteiger partial charge in [0.25, 0.3) is 0 Å². The number of sulfonamides is 1. The number of fused-ring (bicyclic) bond motifs is 2. The third-order valence-corrected chi connectivity index (χ3v) is 8.26. The number of carbonyl (C=O) groups is 1. The second kappa shape index (κ2) is 7.15. The largest absolute Gasteiger partial charge is 0.340 e. The molecule has 1 aliphatic carbocycles. The Balaban J connectivity index is 1.28. The van der Waals surface area contributed by atoms with Crippen LogP contribution in [0.25, 0.3) is 11.0 Å². The molecule has 0 saturated carbocycles. The molecule has 3 aromatic rings. The van der Waals surface area contributed by atoms with Gasteiger partial charge >= 0.3 is 0 Å². The number of carbonyl (C=O) groups excluding carboxylic acids is 1. The average molecular weight is 433 g/mol.